The number of methoxy groups -OCH3 is 2. The lowest BCUT2D eigenvalue weighted by Gasteiger charge is -2.50. The van der Waals surface area contributed by atoms with Crippen LogP contribution in [0.4, 0.5) is 24.7 Å². The van der Waals surface area contributed by atoms with E-state index in [0.29, 0.717) is 37.1 Å². The number of phenolic OH excluding ortho intramolecular Hbond substituents is 1. The third kappa shape index (κ3) is 6.43. The number of hydrogen-bond donors (Lipinski definition) is 2. The lowest BCUT2D eigenvalue weighted by Crippen LogP contribution is -2.53. The van der Waals surface area contributed by atoms with Crippen LogP contribution < -0.4 is 19.9 Å². The number of ether oxygens (including phenoxy) is 2. The van der Waals surface area contributed by atoms with Crippen LogP contribution in [0.1, 0.15) is 35.6 Å². The number of amides is 4. The second-order valence-corrected chi connectivity index (χ2v) is 17.2. The van der Waals surface area contributed by atoms with Crippen LogP contribution in [0.2, 0.25) is 15.1 Å². The van der Waals surface area contributed by atoms with Crippen molar-refractivity contribution in [1.29, 1.82) is 0 Å². The van der Waals surface area contributed by atoms with Crippen LogP contribution in [0.5, 0.6) is 17.2 Å². The van der Waals surface area contributed by atoms with Gasteiger partial charge in [-0.1, -0.05) is 58.6 Å². The fraction of sp³-hybridized carbons (Fsp3) is 0.293. The number of rotatable bonds is 8. The lowest BCUT2D eigenvalue weighted by molar-refractivity contribution is -0.142. The number of nitrogens with one attached hydrogen (secondary N) is 1. The molecule has 12 nitrogen and oxygen atoms in total. The molecule has 2 aliphatic carbocycles. The van der Waals surface area contributed by atoms with E-state index in [0.717, 1.165) is 21.1 Å². The van der Waals surface area contributed by atoms with Crippen LogP contribution in [-0.2, 0) is 30.8 Å². The molecule has 0 spiro atoms. The number of carbonyl (C=O) groups excluding carboxylic acids is 4. The number of aromatic hydroxyl groups is 1. The van der Waals surface area contributed by atoms with Crippen molar-refractivity contribution in [2.75, 3.05) is 31.7 Å². The summed E-state index contributed by atoms with van der Waals surface area (Å²) in [5, 5.41) is 13.8. The number of pyridine rings is 1. The molecule has 0 bridgehead atoms. The zero-order valence-corrected chi connectivity index (χ0v) is 36.0. The molecule has 3 fully saturated rings. The molecule has 2 N–H and O–H groups in total. The van der Waals surface area contributed by atoms with Gasteiger partial charge in [-0.25, -0.2) is 4.98 Å². The molecule has 1 aromatic heterocycles. The van der Waals surface area contributed by atoms with E-state index in [4.69, 9.17) is 44.3 Å². The third-order valence-corrected chi connectivity index (χ3v) is 13.6. The number of halogens is 7. The van der Waals surface area contributed by atoms with Gasteiger partial charge in [0.1, 0.15) is 11.4 Å². The summed E-state index contributed by atoms with van der Waals surface area (Å²) in [5.74, 6) is -7.97. The first-order chi connectivity index (χ1) is 28.4. The molecule has 0 radical (unpaired) electrons. The van der Waals surface area contributed by atoms with Crippen molar-refractivity contribution in [2.24, 2.45) is 23.7 Å². The Balaban J connectivity index is 1.31. The van der Waals surface area contributed by atoms with Crippen LogP contribution in [0.25, 0.3) is 0 Å². The van der Waals surface area contributed by atoms with Crippen molar-refractivity contribution >= 4 is 92.5 Å². The summed E-state index contributed by atoms with van der Waals surface area (Å²) in [7, 11) is 4.08. The largest absolute Gasteiger partial charge is 0.504 e. The van der Waals surface area contributed by atoms with Crippen LogP contribution >= 0.6 is 57.4 Å². The maximum atomic E-state index is 15.5. The Kier molecular flexibility index (Phi) is 10.7. The van der Waals surface area contributed by atoms with Gasteiger partial charge < -0.3 is 14.6 Å². The molecule has 60 heavy (non-hydrogen) atoms. The highest BCUT2D eigenvalue weighted by Gasteiger charge is 2.70. The minimum Gasteiger partial charge on any atom is -0.504 e. The van der Waals surface area contributed by atoms with E-state index >= 15 is 9.59 Å². The molecular formula is C41H32Cl3F3IN5O7. The zero-order valence-electron chi connectivity index (χ0n) is 31.6. The maximum absolute atomic E-state index is 15.5. The topological polar surface area (TPSA) is 142 Å². The quantitative estimate of drug-likeness (QED) is 0.100. The number of anilines is 2. The minimum atomic E-state index is -4.85. The number of fused-ring (bicyclic) bond motifs is 4. The number of nitrogens with zero attached hydrogens (tertiary/aromatic N) is 4. The van der Waals surface area contributed by atoms with E-state index < -0.39 is 76.3 Å². The van der Waals surface area contributed by atoms with Gasteiger partial charge in [0.2, 0.25) is 0 Å². The highest BCUT2D eigenvalue weighted by Crippen LogP contribution is 2.65. The number of carbonyl (C=O) groups is 4. The van der Waals surface area contributed by atoms with Crippen molar-refractivity contribution < 1.29 is 46.9 Å². The number of aromatic nitrogens is 1. The number of allylic oxidation sites excluding steroid dienone is 2. The second kappa shape index (κ2) is 15.3. The van der Waals surface area contributed by atoms with E-state index in [2.05, 4.69) is 10.4 Å². The number of alkyl halides is 3. The molecule has 8 rings (SSSR count). The molecule has 0 unspecified atom stereocenters. The van der Waals surface area contributed by atoms with Gasteiger partial charge in [0, 0.05) is 18.0 Å². The molecule has 4 aliphatic rings. The summed E-state index contributed by atoms with van der Waals surface area (Å²) in [6, 6.07) is 16.2. The Labute approximate surface area is 369 Å². The molecule has 1 saturated carbocycles. The summed E-state index contributed by atoms with van der Waals surface area (Å²) < 4.78 is 52.7. The number of imide groups is 2. The van der Waals surface area contributed by atoms with Crippen LogP contribution in [0.15, 0.2) is 78.4 Å². The molecular weight excluding hydrogens is 965 g/mol. The Bertz CT molecular complexity index is 2530. The number of benzene rings is 3. The first kappa shape index (κ1) is 41.9. The van der Waals surface area contributed by atoms with Gasteiger partial charge in [-0.3, -0.25) is 29.6 Å². The average molecular weight is 997 g/mol. The number of hydrogen-bond acceptors (Lipinski definition) is 10. The van der Waals surface area contributed by atoms with E-state index in [1.54, 1.807) is 42.5 Å². The van der Waals surface area contributed by atoms with Crippen LogP contribution in [0.3, 0.4) is 0 Å². The standard InChI is InChI=1S/C41H32Cl3F3IN5O7/c1-51(35-26(43)11-13-31(49-35)41(45,46)47)53-36(55)23-10-9-22-24(32(23)38(53)57)17-25-37(56)52(50-29-12-6-20(42)16-27(29)44)39(58)40(25,19-4-7-21(59-2)8-5-19)33(22)18-14-28(48)34(54)30(15-18)60-3/h4-9,11-16,23-25,32-33,50,54H,10,17H2,1-3H3/t23-,24+,25-,32-,33-,40+/m0/s1. The Hall–Kier alpha value is -4.78. The summed E-state index contributed by atoms with van der Waals surface area (Å²) in [4.78, 5) is 63.3. The zero-order chi connectivity index (χ0) is 43.2. The van der Waals surface area contributed by atoms with E-state index in [1.807, 2.05) is 22.6 Å². The predicted octanol–water partition coefficient (Wildman–Crippen LogP) is 8.42. The highest BCUT2D eigenvalue weighted by molar-refractivity contribution is 14.1. The molecule has 4 amide bonds. The van der Waals surface area contributed by atoms with Crippen molar-refractivity contribution in [3.05, 3.63) is 114 Å². The second-order valence-electron chi connectivity index (χ2n) is 14.8. The van der Waals surface area contributed by atoms with Crippen LogP contribution in [0, 0.1) is 27.2 Å². The minimum absolute atomic E-state index is 0.00577. The van der Waals surface area contributed by atoms with E-state index in [-0.39, 0.29) is 40.1 Å². The van der Waals surface area contributed by atoms with Gasteiger partial charge in [0.25, 0.3) is 23.6 Å². The Morgan fingerprint density at radius 3 is 2.28 bits per heavy atom. The van der Waals surface area contributed by atoms with Gasteiger partial charge in [-0.2, -0.15) is 23.2 Å². The van der Waals surface area contributed by atoms with Crippen molar-refractivity contribution in [3.8, 4) is 17.2 Å². The Morgan fingerprint density at radius 1 is 0.917 bits per heavy atom. The molecule has 3 heterocycles. The number of hydrazine groups is 2. The smallest absolute Gasteiger partial charge is 0.433 e. The lowest BCUT2D eigenvalue weighted by atomic mass is 9.49. The van der Waals surface area contributed by atoms with Crippen molar-refractivity contribution in [3.63, 3.8) is 0 Å². The Morgan fingerprint density at radius 2 is 1.63 bits per heavy atom. The highest BCUT2D eigenvalue weighted by atomic mass is 127. The van der Waals surface area contributed by atoms with E-state index in [9.17, 15) is 27.9 Å². The van der Waals surface area contributed by atoms with Gasteiger partial charge in [0.05, 0.1) is 56.7 Å². The van der Waals surface area contributed by atoms with Crippen molar-refractivity contribution in [1.82, 2.24) is 15.0 Å². The summed E-state index contributed by atoms with van der Waals surface area (Å²) in [6.45, 7) is 0. The monoisotopic (exact) mass is 995 g/mol. The SMILES string of the molecule is COc1ccc([C@@]23C(=O)N(Nc4ccc(Cl)cc4Cl)C(=O)[C@@H]2C[C@@H]2C(=CC[C@@H]4C(=O)N(N(C)c5nc(C(F)(F)F)ccc5Cl)C(=O)[C@@H]42)[C@@H]3c2cc(I)c(O)c(OC)c2)cc1. The van der Waals surface area contributed by atoms with Crippen molar-refractivity contribution in [2.45, 2.75) is 30.4 Å². The predicted molar refractivity (Wildman–Crippen MR) is 223 cm³/mol. The molecule has 3 aromatic carbocycles. The first-order valence-corrected chi connectivity index (χ1v) is 20.5. The molecule has 2 aliphatic heterocycles. The van der Waals surface area contributed by atoms with Gasteiger partial charge >= 0.3 is 6.18 Å². The summed E-state index contributed by atoms with van der Waals surface area (Å²) >= 11 is 21.0. The van der Waals surface area contributed by atoms with Gasteiger partial charge in [0.15, 0.2) is 17.3 Å². The molecule has 6 atom stereocenters. The number of phenols is 1. The fourth-order valence-electron chi connectivity index (χ4n) is 9.32. The molecule has 312 valence electrons. The maximum Gasteiger partial charge on any atom is 0.433 e. The molecule has 4 aromatic rings. The normalized spacial score (nSPS) is 24.8. The van der Waals surface area contributed by atoms with Crippen LogP contribution in [-0.4, -0.2) is 65.0 Å². The summed E-state index contributed by atoms with van der Waals surface area (Å²) in [5.41, 5.74) is 1.61. The average Bonchev–Trinajstić information content (AvgIpc) is 3.59. The first-order valence-electron chi connectivity index (χ1n) is 18.3. The van der Waals surface area contributed by atoms with Gasteiger partial charge in [-0.15, -0.1) is 0 Å². The summed E-state index contributed by atoms with van der Waals surface area (Å²) in [6.07, 6.45) is -3.14. The molecule has 19 heteroatoms. The third-order valence-electron chi connectivity index (χ3n) is 11.9. The fourth-order valence-corrected chi connectivity index (χ4v) is 10.6. The van der Waals surface area contributed by atoms with Gasteiger partial charge in [-0.05, 0) is 107 Å². The molecule has 2 saturated heterocycles. The van der Waals surface area contributed by atoms with E-state index in [1.165, 1.54) is 39.5 Å².